The first-order valence-corrected chi connectivity index (χ1v) is 11.2. The summed E-state index contributed by atoms with van der Waals surface area (Å²) in [6.45, 7) is 8.93. The summed E-state index contributed by atoms with van der Waals surface area (Å²) in [7, 11) is -3.64. The molecule has 0 aromatic carbocycles. The molecule has 1 unspecified atom stereocenters. The summed E-state index contributed by atoms with van der Waals surface area (Å²) < 4.78 is 32.2. The monoisotopic (exact) mass is 398 g/mol. The number of hydrogen-bond acceptors (Lipinski definition) is 6. The summed E-state index contributed by atoms with van der Waals surface area (Å²) in [5.41, 5.74) is 0.377. The van der Waals surface area contributed by atoms with Gasteiger partial charge in [-0.25, -0.2) is 8.42 Å². The van der Waals surface area contributed by atoms with Gasteiger partial charge in [-0.2, -0.15) is 4.31 Å². The number of amides is 1. The highest BCUT2D eigenvalue weighted by Gasteiger charge is 2.34. The number of carbonyl (C=O) groups is 1. The smallest absolute Gasteiger partial charge is 0.248 e. The summed E-state index contributed by atoms with van der Waals surface area (Å²) in [5, 5.41) is 7.10. The van der Waals surface area contributed by atoms with Crippen LogP contribution >= 0.6 is 0 Å². The second-order valence-corrected chi connectivity index (χ2v) is 9.58. The van der Waals surface area contributed by atoms with Crippen molar-refractivity contribution >= 4 is 15.9 Å². The van der Waals surface area contributed by atoms with Gasteiger partial charge in [-0.1, -0.05) is 12.1 Å². The topological polar surface area (TPSA) is 95.8 Å². The molecule has 0 radical (unpaired) electrons. The van der Waals surface area contributed by atoms with Gasteiger partial charge >= 0.3 is 0 Å². The van der Waals surface area contributed by atoms with Crippen LogP contribution in [0.5, 0.6) is 0 Å². The van der Waals surface area contributed by atoms with Crippen molar-refractivity contribution in [1.82, 2.24) is 19.7 Å². The lowest BCUT2D eigenvalue weighted by Crippen LogP contribution is -2.51. The van der Waals surface area contributed by atoms with Crippen LogP contribution in [0.2, 0.25) is 0 Å². The van der Waals surface area contributed by atoms with Gasteiger partial charge in [-0.05, 0) is 51.6 Å². The van der Waals surface area contributed by atoms with Gasteiger partial charge in [-0.15, -0.1) is 0 Å². The molecule has 2 aliphatic rings. The van der Waals surface area contributed by atoms with Gasteiger partial charge < -0.3 is 14.7 Å². The van der Waals surface area contributed by atoms with Crippen molar-refractivity contribution in [2.24, 2.45) is 11.8 Å². The van der Waals surface area contributed by atoms with Crippen molar-refractivity contribution in [2.45, 2.75) is 44.9 Å². The number of piperazine rings is 1. The Morgan fingerprint density at radius 1 is 1.22 bits per heavy atom. The first-order chi connectivity index (χ1) is 12.8. The number of aromatic nitrogens is 1. The maximum Gasteiger partial charge on any atom is 0.248 e. The normalized spacial score (nSPS) is 21.4. The summed E-state index contributed by atoms with van der Waals surface area (Å²) in [4.78, 5) is 14.6. The third-order valence-electron chi connectivity index (χ3n) is 5.84. The quantitative estimate of drug-likeness (QED) is 0.799. The molecule has 0 bridgehead atoms. The molecule has 0 aliphatic carbocycles. The van der Waals surface area contributed by atoms with Crippen molar-refractivity contribution < 1.29 is 17.7 Å². The molecule has 27 heavy (non-hydrogen) atoms. The Hall–Kier alpha value is -1.45. The molecule has 1 amide bonds. The molecule has 0 saturated carbocycles. The predicted octanol–water partition coefficient (Wildman–Crippen LogP) is 1.15. The van der Waals surface area contributed by atoms with Gasteiger partial charge in [0.05, 0.1) is 0 Å². The minimum atomic E-state index is -3.64. The minimum Gasteiger partial charge on any atom is -0.360 e. The highest BCUT2D eigenvalue weighted by atomic mass is 32.2. The lowest BCUT2D eigenvalue weighted by molar-refractivity contribution is -0.133. The first-order valence-electron chi connectivity index (χ1n) is 9.72. The van der Waals surface area contributed by atoms with E-state index in [4.69, 9.17) is 4.52 Å². The highest BCUT2D eigenvalue weighted by molar-refractivity contribution is 7.89. The molecule has 2 fully saturated rings. The molecule has 152 valence electrons. The van der Waals surface area contributed by atoms with Gasteiger partial charge in [0.25, 0.3) is 0 Å². The van der Waals surface area contributed by atoms with Gasteiger partial charge in [0.1, 0.15) is 10.6 Å². The van der Waals surface area contributed by atoms with E-state index in [0.29, 0.717) is 55.9 Å². The predicted molar refractivity (Wildman–Crippen MR) is 101 cm³/mol. The van der Waals surface area contributed by atoms with Crippen LogP contribution < -0.4 is 5.32 Å². The Bertz CT molecular complexity index is 743. The lowest BCUT2D eigenvalue weighted by Gasteiger charge is -2.35. The number of aryl methyl sites for hydroxylation is 2. The highest BCUT2D eigenvalue weighted by Crippen LogP contribution is 2.26. The summed E-state index contributed by atoms with van der Waals surface area (Å²) >= 11 is 0. The van der Waals surface area contributed by atoms with Crippen LogP contribution in [0.25, 0.3) is 0 Å². The van der Waals surface area contributed by atoms with Crippen molar-refractivity contribution in [3.05, 3.63) is 11.5 Å². The Morgan fingerprint density at radius 3 is 2.41 bits per heavy atom. The van der Waals surface area contributed by atoms with Crippen molar-refractivity contribution in [2.75, 3.05) is 39.3 Å². The fourth-order valence-electron chi connectivity index (χ4n) is 4.13. The van der Waals surface area contributed by atoms with Crippen LogP contribution in [0.1, 0.15) is 37.6 Å². The summed E-state index contributed by atoms with van der Waals surface area (Å²) in [6.07, 6.45) is 2.79. The SMILES string of the molecule is Cc1noc(C)c1S(=O)(=O)N1CCN(C(=O)CC(C)C2CCNCC2)CC1. The zero-order valence-electron chi connectivity index (χ0n) is 16.4. The fourth-order valence-corrected chi connectivity index (χ4v) is 5.85. The van der Waals surface area contributed by atoms with E-state index < -0.39 is 10.0 Å². The summed E-state index contributed by atoms with van der Waals surface area (Å²) in [5.74, 6) is 1.40. The van der Waals surface area contributed by atoms with E-state index in [1.54, 1.807) is 18.7 Å². The van der Waals surface area contributed by atoms with E-state index in [2.05, 4.69) is 17.4 Å². The van der Waals surface area contributed by atoms with Gasteiger partial charge in [-0.3, -0.25) is 4.79 Å². The van der Waals surface area contributed by atoms with Gasteiger partial charge in [0.15, 0.2) is 5.76 Å². The average molecular weight is 399 g/mol. The van der Waals surface area contributed by atoms with E-state index in [-0.39, 0.29) is 10.8 Å². The molecule has 0 spiro atoms. The van der Waals surface area contributed by atoms with E-state index in [0.717, 1.165) is 25.9 Å². The maximum absolute atomic E-state index is 12.9. The molecule has 3 rings (SSSR count). The minimum absolute atomic E-state index is 0.135. The molecule has 1 aromatic rings. The van der Waals surface area contributed by atoms with Crippen molar-refractivity contribution in [3.8, 4) is 0 Å². The van der Waals surface area contributed by atoms with Crippen LogP contribution in [0, 0.1) is 25.7 Å². The lowest BCUT2D eigenvalue weighted by atomic mass is 9.84. The number of carbonyl (C=O) groups excluding carboxylic acids is 1. The molecule has 1 atom stereocenters. The third-order valence-corrected chi connectivity index (χ3v) is 7.99. The summed E-state index contributed by atoms with van der Waals surface area (Å²) in [6, 6.07) is 0. The van der Waals surface area contributed by atoms with Crippen LogP contribution in [0.15, 0.2) is 9.42 Å². The Labute approximate surface area is 161 Å². The van der Waals surface area contributed by atoms with Crippen LogP contribution in [0.4, 0.5) is 0 Å². The molecule has 1 N–H and O–H groups in total. The van der Waals surface area contributed by atoms with E-state index in [9.17, 15) is 13.2 Å². The fraction of sp³-hybridized carbons (Fsp3) is 0.778. The van der Waals surface area contributed by atoms with Gasteiger partial charge in [0, 0.05) is 32.6 Å². The van der Waals surface area contributed by atoms with Crippen LogP contribution in [-0.2, 0) is 14.8 Å². The number of nitrogens with one attached hydrogen (secondary N) is 1. The molecule has 2 aliphatic heterocycles. The second kappa shape index (κ2) is 8.28. The van der Waals surface area contributed by atoms with Crippen molar-refractivity contribution in [1.29, 1.82) is 0 Å². The Kier molecular flexibility index (Phi) is 6.22. The molecule has 3 heterocycles. The standard InChI is InChI=1S/C18H30N4O4S/c1-13(16-4-6-19-7-5-16)12-17(23)21-8-10-22(11-9-21)27(24,25)18-14(2)20-26-15(18)3/h13,16,19H,4-12H2,1-3H3. The molecular formula is C18H30N4O4S. The Balaban J connectivity index is 1.56. The number of sulfonamides is 1. The van der Waals surface area contributed by atoms with E-state index in [1.165, 1.54) is 4.31 Å². The van der Waals surface area contributed by atoms with Crippen molar-refractivity contribution in [3.63, 3.8) is 0 Å². The number of hydrogen-bond donors (Lipinski definition) is 1. The molecule has 8 nitrogen and oxygen atoms in total. The van der Waals surface area contributed by atoms with E-state index in [1.807, 2.05) is 0 Å². The van der Waals surface area contributed by atoms with Crippen LogP contribution in [0.3, 0.4) is 0 Å². The zero-order valence-corrected chi connectivity index (χ0v) is 17.2. The molecular weight excluding hydrogens is 368 g/mol. The third kappa shape index (κ3) is 4.35. The van der Waals surface area contributed by atoms with Crippen LogP contribution in [-0.4, -0.2) is 68.0 Å². The first kappa shape index (κ1) is 20.3. The maximum atomic E-state index is 12.9. The number of rotatable bonds is 5. The number of piperidine rings is 1. The number of nitrogens with zero attached hydrogens (tertiary/aromatic N) is 3. The largest absolute Gasteiger partial charge is 0.360 e. The zero-order chi connectivity index (χ0) is 19.6. The molecule has 1 aromatic heterocycles. The average Bonchev–Trinajstić information content (AvgIpc) is 3.01. The Morgan fingerprint density at radius 2 is 1.85 bits per heavy atom. The van der Waals surface area contributed by atoms with Gasteiger partial charge in [0.2, 0.25) is 15.9 Å². The molecule has 9 heteroatoms. The molecule has 2 saturated heterocycles. The van der Waals surface area contributed by atoms with E-state index >= 15 is 0 Å². The second-order valence-electron chi connectivity index (χ2n) is 7.71.